The van der Waals surface area contributed by atoms with Gasteiger partial charge in [-0.05, 0) is 43.7 Å². The van der Waals surface area contributed by atoms with E-state index in [4.69, 9.17) is 13.8 Å². The van der Waals surface area contributed by atoms with Crippen LogP contribution in [0, 0.1) is 0 Å². The van der Waals surface area contributed by atoms with Crippen LogP contribution in [0.3, 0.4) is 0 Å². The van der Waals surface area contributed by atoms with Gasteiger partial charge in [0.2, 0.25) is 0 Å². The number of rotatable bonds is 8. The standard InChI is InChI=1S/C19H24NO4P/c1-4-23-25(21,24-5-2)19-18(15-11-13-17(22-3)14-12-15)20(19)16-9-7-6-8-10-16/h6-14,18-19H,4-5H2,1-3H3. The fourth-order valence-electron chi connectivity index (χ4n) is 3.14. The van der Waals surface area contributed by atoms with Crippen LogP contribution >= 0.6 is 7.60 Å². The van der Waals surface area contributed by atoms with Gasteiger partial charge in [-0.1, -0.05) is 30.3 Å². The Hall–Kier alpha value is -1.81. The molecule has 3 rings (SSSR count). The molecule has 25 heavy (non-hydrogen) atoms. The fourth-order valence-corrected chi connectivity index (χ4v) is 5.41. The molecule has 0 bridgehead atoms. The molecule has 2 aromatic rings. The Balaban J connectivity index is 1.96. The van der Waals surface area contributed by atoms with Crippen LogP contribution in [0.1, 0.15) is 25.5 Å². The molecule has 2 atom stereocenters. The first-order valence-electron chi connectivity index (χ1n) is 8.50. The van der Waals surface area contributed by atoms with Gasteiger partial charge in [-0.2, -0.15) is 0 Å². The van der Waals surface area contributed by atoms with Crippen molar-refractivity contribution in [2.45, 2.75) is 25.7 Å². The van der Waals surface area contributed by atoms with Gasteiger partial charge < -0.3 is 18.7 Å². The van der Waals surface area contributed by atoms with Gasteiger partial charge >= 0.3 is 7.60 Å². The highest BCUT2D eigenvalue weighted by molar-refractivity contribution is 7.55. The van der Waals surface area contributed by atoms with Crippen LogP contribution in [0.4, 0.5) is 5.69 Å². The van der Waals surface area contributed by atoms with E-state index in [1.54, 1.807) is 7.11 Å². The quantitative estimate of drug-likeness (QED) is 0.497. The summed E-state index contributed by atoms with van der Waals surface area (Å²) in [6.45, 7) is 4.38. The number of hydrogen-bond acceptors (Lipinski definition) is 5. The Morgan fingerprint density at radius 3 is 2.08 bits per heavy atom. The van der Waals surface area contributed by atoms with Gasteiger partial charge in [0, 0.05) is 5.69 Å². The molecule has 0 radical (unpaired) electrons. The molecule has 1 heterocycles. The molecule has 134 valence electrons. The average Bonchev–Trinajstić information content (AvgIpc) is 3.39. The zero-order valence-electron chi connectivity index (χ0n) is 14.8. The Morgan fingerprint density at radius 1 is 0.960 bits per heavy atom. The molecule has 2 unspecified atom stereocenters. The van der Waals surface area contributed by atoms with Crippen molar-refractivity contribution in [2.75, 3.05) is 25.2 Å². The maximum Gasteiger partial charge on any atom is 0.355 e. The molecule has 0 aliphatic carbocycles. The SMILES string of the molecule is CCOP(=O)(OCC)C1C(c2ccc(OC)cc2)N1c1ccccc1. The number of benzene rings is 2. The van der Waals surface area contributed by atoms with Crippen molar-refractivity contribution < 1.29 is 18.3 Å². The van der Waals surface area contributed by atoms with E-state index in [0.29, 0.717) is 13.2 Å². The smallest absolute Gasteiger partial charge is 0.355 e. The van der Waals surface area contributed by atoms with Crippen LogP contribution in [-0.2, 0) is 13.6 Å². The Morgan fingerprint density at radius 2 is 1.56 bits per heavy atom. The summed E-state index contributed by atoms with van der Waals surface area (Å²) in [5.41, 5.74) is 2.07. The molecule has 2 aromatic carbocycles. The van der Waals surface area contributed by atoms with Crippen LogP contribution in [0.5, 0.6) is 5.75 Å². The van der Waals surface area contributed by atoms with E-state index in [2.05, 4.69) is 4.90 Å². The summed E-state index contributed by atoms with van der Waals surface area (Å²) in [4.78, 5) is 2.11. The predicted octanol–water partition coefficient (Wildman–Crippen LogP) is 4.85. The average molecular weight is 361 g/mol. The molecule has 0 saturated carbocycles. The first kappa shape index (κ1) is 18.0. The number of hydrogen-bond donors (Lipinski definition) is 0. The van der Waals surface area contributed by atoms with Crippen molar-refractivity contribution in [3.63, 3.8) is 0 Å². The molecule has 5 nitrogen and oxygen atoms in total. The van der Waals surface area contributed by atoms with Gasteiger partial charge in [-0.15, -0.1) is 0 Å². The van der Waals surface area contributed by atoms with Crippen LogP contribution in [0.25, 0.3) is 0 Å². The highest BCUT2D eigenvalue weighted by Gasteiger charge is 2.61. The molecule has 6 heteroatoms. The summed E-state index contributed by atoms with van der Waals surface area (Å²) in [6.07, 6.45) is 0. The maximum absolute atomic E-state index is 13.4. The van der Waals surface area contributed by atoms with Crippen LogP contribution in [-0.4, -0.2) is 26.1 Å². The lowest BCUT2D eigenvalue weighted by Gasteiger charge is -2.17. The molecule has 0 spiro atoms. The van der Waals surface area contributed by atoms with Gasteiger partial charge in [0.1, 0.15) is 5.75 Å². The summed E-state index contributed by atoms with van der Waals surface area (Å²) in [6, 6.07) is 17.7. The van der Waals surface area contributed by atoms with Gasteiger partial charge in [0.05, 0.1) is 26.4 Å². The van der Waals surface area contributed by atoms with Crippen molar-refractivity contribution in [1.29, 1.82) is 0 Å². The maximum atomic E-state index is 13.4. The molecule has 1 fully saturated rings. The minimum Gasteiger partial charge on any atom is -0.497 e. The Kier molecular flexibility index (Phi) is 5.48. The summed E-state index contributed by atoms with van der Waals surface area (Å²) in [5.74, 6) is 0.480. The third-order valence-corrected chi connectivity index (χ3v) is 6.65. The zero-order chi connectivity index (χ0) is 17.9. The van der Waals surface area contributed by atoms with Crippen LogP contribution in [0.15, 0.2) is 54.6 Å². The van der Waals surface area contributed by atoms with E-state index in [1.807, 2.05) is 68.4 Å². The van der Waals surface area contributed by atoms with E-state index in [-0.39, 0.29) is 11.8 Å². The largest absolute Gasteiger partial charge is 0.497 e. The molecular formula is C19H24NO4P. The van der Waals surface area contributed by atoms with E-state index >= 15 is 0 Å². The molecule has 0 N–H and O–H groups in total. The Labute approximate surface area is 149 Å². The van der Waals surface area contributed by atoms with Gasteiger partial charge in [-0.3, -0.25) is 4.57 Å². The highest BCUT2D eigenvalue weighted by Crippen LogP contribution is 2.68. The van der Waals surface area contributed by atoms with E-state index < -0.39 is 7.60 Å². The van der Waals surface area contributed by atoms with E-state index in [0.717, 1.165) is 17.0 Å². The van der Waals surface area contributed by atoms with E-state index in [1.165, 1.54) is 0 Å². The second-order valence-electron chi connectivity index (χ2n) is 5.75. The number of anilines is 1. The lowest BCUT2D eigenvalue weighted by Crippen LogP contribution is -2.06. The lowest BCUT2D eigenvalue weighted by molar-refractivity contribution is 0.218. The normalized spacial score (nSPS) is 19.7. The Bertz CT molecular complexity index is 725. The number of para-hydroxylation sites is 1. The zero-order valence-corrected chi connectivity index (χ0v) is 15.7. The molecule has 1 aliphatic rings. The second kappa shape index (κ2) is 7.61. The molecule has 1 saturated heterocycles. The van der Waals surface area contributed by atoms with Gasteiger partial charge in [-0.25, -0.2) is 0 Å². The minimum absolute atomic E-state index is 0.0442. The number of methoxy groups -OCH3 is 1. The first-order chi connectivity index (χ1) is 12.1. The fraction of sp³-hybridized carbons (Fsp3) is 0.368. The highest BCUT2D eigenvalue weighted by atomic mass is 31.2. The molecule has 0 amide bonds. The predicted molar refractivity (Wildman–Crippen MR) is 99.3 cm³/mol. The summed E-state index contributed by atoms with van der Waals surface area (Å²) in [5, 5.41) is 0. The molecule has 1 aliphatic heterocycles. The summed E-state index contributed by atoms with van der Waals surface area (Å²) in [7, 11) is -1.61. The van der Waals surface area contributed by atoms with Crippen LogP contribution in [0.2, 0.25) is 0 Å². The first-order valence-corrected chi connectivity index (χ1v) is 10.1. The van der Waals surface area contributed by atoms with Crippen molar-refractivity contribution in [1.82, 2.24) is 0 Å². The minimum atomic E-state index is -3.25. The topological polar surface area (TPSA) is 47.8 Å². The molecule has 0 aromatic heterocycles. The van der Waals surface area contributed by atoms with Gasteiger partial charge in [0.15, 0.2) is 5.78 Å². The van der Waals surface area contributed by atoms with Crippen molar-refractivity contribution in [3.05, 3.63) is 60.2 Å². The summed E-state index contributed by atoms with van der Waals surface area (Å²) < 4.78 is 29.8. The van der Waals surface area contributed by atoms with Crippen LogP contribution < -0.4 is 9.64 Å². The third kappa shape index (κ3) is 3.59. The van der Waals surface area contributed by atoms with E-state index in [9.17, 15) is 4.57 Å². The monoisotopic (exact) mass is 361 g/mol. The lowest BCUT2D eigenvalue weighted by atomic mass is 10.1. The number of ether oxygens (including phenoxy) is 1. The molecular weight excluding hydrogens is 337 g/mol. The van der Waals surface area contributed by atoms with Gasteiger partial charge in [0.25, 0.3) is 0 Å². The van der Waals surface area contributed by atoms with Crippen molar-refractivity contribution in [2.24, 2.45) is 0 Å². The second-order valence-corrected chi connectivity index (χ2v) is 7.87. The third-order valence-electron chi connectivity index (χ3n) is 4.23. The number of nitrogens with zero attached hydrogens (tertiary/aromatic N) is 1. The summed E-state index contributed by atoms with van der Waals surface area (Å²) >= 11 is 0. The van der Waals surface area contributed by atoms with Crippen molar-refractivity contribution in [3.8, 4) is 5.75 Å². The van der Waals surface area contributed by atoms with Crippen molar-refractivity contribution >= 4 is 13.3 Å².